The van der Waals surface area contributed by atoms with Gasteiger partial charge in [-0.25, -0.2) is 13.1 Å². The Morgan fingerprint density at radius 1 is 1.14 bits per heavy atom. The number of amides is 2. The summed E-state index contributed by atoms with van der Waals surface area (Å²) in [4.78, 5) is 28.1. The molecule has 4 rings (SSSR count). The van der Waals surface area contributed by atoms with Crippen LogP contribution in [0.15, 0.2) is 23.1 Å². The Hall–Kier alpha value is -1.97. The van der Waals surface area contributed by atoms with Crippen molar-refractivity contribution in [3.63, 3.8) is 0 Å². The second-order valence-electron chi connectivity index (χ2n) is 7.45. The molecule has 0 radical (unpaired) electrons. The highest BCUT2D eigenvalue weighted by atomic mass is 32.2. The third-order valence-electron chi connectivity index (χ3n) is 5.44. The second kappa shape index (κ2) is 7.81. The van der Waals surface area contributed by atoms with E-state index in [1.54, 1.807) is 21.9 Å². The van der Waals surface area contributed by atoms with E-state index in [9.17, 15) is 18.0 Å². The van der Waals surface area contributed by atoms with Gasteiger partial charge in [0.2, 0.25) is 21.8 Å². The van der Waals surface area contributed by atoms with Crippen molar-refractivity contribution in [1.29, 1.82) is 0 Å². The summed E-state index contributed by atoms with van der Waals surface area (Å²) in [6, 6.07) is 4.89. The summed E-state index contributed by atoms with van der Waals surface area (Å²) in [6.45, 7) is 2.80. The minimum Gasteiger partial charge on any atom is -0.378 e. The van der Waals surface area contributed by atoms with Crippen LogP contribution >= 0.6 is 0 Å². The van der Waals surface area contributed by atoms with E-state index in [2.05, 4.69) is 4.72 Å². The molecule has 152 valence electrons. The van der Waals surface area contributed by atoms with Crippen LogP contribution in [0.4, 0.5) is 5.69 Å². The van der Waals surface area contributed by atoms with Crippen LogP contribution in [0.5, 0.6) is 0 Å². The molecule has 9 heteroatoms. The Bertz CT molecular complexity index is 876. The van der Waals surface area contributed by atoms with Crippen LogP contribution in [0.25, 0.3) is 0 Å². The zero-order chi connectivity index (χ0) is 19.7. The first-order valence-corrected chi connectivity index (χ1v) is 11.2. The van der Waals surface area contributed by atoms with Crippen LogP contribution in [0, 0.1) is 5.92 Å². The van der Waals surface area contributed by atoms with Gasteiger partial charge in [-0.3, -0.25) is 9.59 Å². The van der Waals surface area contributed by atoms with Crippen LogP contribution in [0.3, 0.4) is 0 Å². The Morgan fingerprint density at radius 3 is 2.61 bits per heavy atom. The number of anilines is 1. The summed E-state index contributed by atoms with van der Waals surface area (Å²) < 4.78 is 32.9. The van der Waals surface area contributed by atoms with Gasteiger partial charge >= 0.3 is 0 Å². The van der Waals surface area contributed by atoms with Crippen LogP contribution in [0.2, 0.25) is 0 Å². The van der Waals surface area contributed by atoms with E-state index >= 15 is 0 Å². The van der Waals surface area contributed by atoms with Gasteiger partial charge < -0.3 is 14.5 Å². The maximum absolute atomic E-state index is 12.6. The molecule has 28 heavy (non-hydrogen) atoms. The molecule has 2 amide bonds. The zero-order valence-electron chi connectivity index (χ0n) is 15.7. The number of carbonyl (C=O) groups excluding carboxylic acids is 2. The number of ether oxygens (including phenoxy) is 1. The van der Waals surface area contributed by atoms with Crippen molar-refractivity contribution in [2.75, 3.05) is 44.3 Å². The van der Waals surface area contributed by atoms with Crippen molar-refractivity contribution < 1.29 is 22.7 Å². The maximum Gasteiger partial charge on any atom is 0.240 e. The first kappa shape index (κ1) is 19.4. The normalized spacial score (nSPS) is 19.6. The van der Waals surface area contributed by atoms with Gasteiger partial charge in [0.05, 0.1) is 18.1 Å². The summed E-state index contributed by atoms with van der Waals surface area (Å²) in [5.41, 5.74) is 1.69. The molecule has 3 aliphatic rings. The fourth-order valence-corrected chi connectivity index (χ4v) is 4.75. The predicted octanol–water partition coefficient (Wildman–Crippen LogP) is 0.513. The lowest BCUT2D eigenvalue weighted by Crippen LogP contribution is -2.42. The largest absolute Gasteiger partial charge is 0.378 e. The summed E-state index contributed by atoms with van der Waals surface area (Å²) in [5, 5.41) is 0. The van der Waals surface area contributed by atoms with Crippen LogP contribution in [-0.4, -0.2) is 64.5 Å². The highest BCUT2D eigenvalue weighted by Gasteiger charge is 2.36. The van der Waals surface area contributed by atoms with Gasteiger partial charge in [-0.15, -0.1) is 0 Å². The second-order valence-corrected chi connectivity index (χ2v) is 9.21. The smallest absolute Gasteiger partial charge is 0.240 e. The van der Waals surface area contributed by atoms with Crippen molar-refractivity contribution >= 4 is 27.5 Å². The third-order valence-corrected chi connectivity index (χ3v) is 6.90. The van der Waals surface area contributed by atoms with Crippen molar-refractivity contribution in [3.05, 3.63) is 23.8 Å². The van der Waals surface area contributed by atoms with Crippen molar-refractivity contribution in [1.82, 2.24) is 9.62 Å². The van der Waals surface area contributed by atoms with Gasteiger partial charge in [-0.1, -0.05) is 0 Å². The Labute approximate surface area is 164 Å². The molecular formula is C19H25N3O5S. The summed E-state index contributed by atoms with van der Waals surface area (Å²) in [7, 11) is -3.70. The molecular weight excluding hydrogens is 382 g/mol. The quantitative estimate of drug-likeness (QED) is 0.741. The molecule has 2 fully saturated rings. The number of morpholine rings is 1. The topological polar surface area (TPSA) is 96.0 Å². The van der Waals surface area contributed by atoms with E-state index in [-0.39, 0.29) is 35.6 Å². The minimum absolute atomic E-state index is 0.0574. The lowest BCUT2D eigenvalue weighted by Gasteiger charge is -2.26. The Morgan fingerprint density at radius 2 is 1.89 bits per heavy atom. The van der Waals surface area contributed by atoms with Gasteiger partial charge in [0.15, 0.2) is 0 Å². The van der Waals surface area contributed by atoms with Gasteiger partial charge in [0, 0.05) is 44.2 Å². The van der Waals surface area contributed by atoms with E-state index in [1.807, 2.05) is 0 Å². The predicted molar refractivity (Wildman–Crippen MR) is 102 cm³/mol. The molecule has 1 aromatic rings. The molecule has 2 heterocycles. The monoisotopic (exact) mass is 407 g/mol. The first-order chi connectivity index (χ1) is 13.5. The first-order valence-electron chi connectivity index (χ1n) is 9.75. The number of rotatable bonds is 6. The SMILES string of the molecule is O=C(CCNS(=O)(=O)c1ccc2c(c1)CCN2C(=O)C1CC1)N1CCOCC1. The maximum atomic E-state index is 12.6. The molecule has 2 aliphatic heterocycles. The third kappa shape index (κ3) is 4.06. The molecule has 0 spiro atoms. The fourth-order valence-electron chi connectivity index (χ4n) is 3.67. The van der Waals surface area contributed by atoms with E-state index in [4.69, 9.17) is 4.74 Å². The van der Waals surface area contributed by atoms with Crippen LogP contribution in [-0.2, 0) is 30.8 Å². The molecule has 1 aromatic carbocycles. The summed E-state index contributed by atoms with van der Waals surface area (Å²) in [5.74, 6) is 0.211. The number of carbonyl (C=O) groups is 2. The molecule has 1 aliphatic carbocycles. The number of hydrogen-bond donors (Lipinski definition) is 1. The highest BCUT2D eigenvalue weighted by Crippen LogP contribution is 2.37. The molecule has 8 nitrogen and oxygen atoms in total. The Kier molecular flexibility index (Phi) is 5.39. The van der Waals surface area contributed by atoms with E-state index in [0.717, 1.165) is 24.1 Å². The number of benzene rings is 1. The average Bonchev–Trinajstić information content (AvgIpc) is 3.47. The number of nitrogens with one attached hydrogen (secondary N) is 1. The highest BCUT2D eigenvalue weighted by molar-refractivity contribution is 7.89. The van der Waals surface area contributed by atoms with Crippen LogP contribution < -0.4 is 9.62 Å². The number of nitrogens with zero attached hydrogens (tertiary/aromatic N) is 2. The van der Waals surface area contributed by atoms with Crippen LogP contribution in [0.1, 0.15) is 24.8 Å². The molecule has 0 bridgehead atoms. The van der Waals surface area contributed by atoms with Gasteiger partial charge in [-0.2, -0.15) is 0 Å². The lowest BCUT2D eigenvalue weighted by molar-refractivity contribution is -0.135. The standard InChI is InChI=1S/C19H25N3O5S/c23-18(21-9-11-27-12-10-21)5-7-20-28(25,26)16-3-4-17-15(13-16)6-8-22(17)19(24)14-1-2-14/h3-4,13-14,20H,1-2,5-12H2. The number of hydrogen-bond acceptors (Lipinski definition) is 5. The van der Waals surface area contributed by atoms with Crippen molar-refractivity contribution in [2.45, 2.75) is 30.6 Å². The summed E-state index contributed by atoms with van der Waals surface area (Å²) >= 11 is 0. The molecule has 1 saturated heterocycles. The molecule has 1 saturated carbocycles. The molecule has 1 N–H and O–H groups in total. The van der Waals surface area contributed by atoms with E-state index in [0.29, 0.717) is 39.3 Å². The van der Waals surface area contributed by atoms with E-state index in [1.165, 1.54) is 6.07 Å². The van der Waals surface area contributed by atoms with Crippen molar-refractivity contribution in [3.8, 4) is 0 Å². The van der Waals surface area contributed by atoms with Gasteiger partial charge in [-0.05, 0) is 43.0 Å². The average molecular weight is 407 g/mol. The number of sulfonamides is 1. The molecule has 0 unspecified atom stereocenters. The van der Waals surface area contributed by atoms with Gasteiger partial charge in [0.1, 0.15) is 0 Å². The van der Waals surface area contributed by atoms with E-state index < -0.39 is 10.0 Å². The molecule has 0 aromatic heterocycles. The fraction of sp³-hybridized carbons (Fsp3) is 0.579. The molecule has 0 atom stereocenters. The lowest BCUT2D eigenvalue weighted by atomic mass is 10.2. The zero-order valence-corrected chi connectivity index (χ0v) is 16.5. The van der Waals surface area contributed by atoms with Gasteiger partial charge in [0.25, 0.3) is 0 Å². The summed E-state index contributed by atoms with van der Waals surface area (Å²) in [6.07, 6.45) is 2.68. The van der Waals surface area contributed by atoms with Crippen molar-refractivity contribution in [2.24, 2.45) is 5.92 Å². The Balaban J connectivity index is 1.36. The minimum atomic E-state index is -3.70. The number of fused-ring (bicyclic) bond motifs is 1.